The number of amides is 1. The molecule has 1 aliphatic rings. The van der Waals surface area contributed by atoms with Crippen molar-refractivity contribution in [2.45, 2.75) is 18.9 Å². The minimum atomic E-state index is -0.394. The molecule has 6 heteroatoms. The molecule has 1 aliphatic heterocycles. The number of piperidine rings is 1. The highest BCUT2D eigenvalue weighted by Crippen LogP contribution is 2.23. The first kappa shape index (κ1) is 16.0. The van der Waals surface area contributed by atoms with Gasteiger partial charge in [0, 0.05) is 42.5 Å². The summed E-state index contributed by atoms with van der Waals surface area (Å²) in [7, 11) is 0. The van der Waals surface area contributed by atoms with Crippen LogP contribution in [0.1, 0.15) is 23.2 Å². The Morgan fingerprint density at radius 3 is 2.25 bits per heavy atom. The largest absolute Gasteiger partial charge is 0.371 e. The summed E-state index contributed by atoms with van der Waals surface area (Å²) in [6, 6.07) is 16.0. The topological polar surface area (TPSA) is 75.5 Å². The molecule has 1 saturated heterocycles. The Bertz CT molecular complexity index is 708. The van der Waals surface area contributed by atoms with Crippen LogP contribution in [0.5, 0.6) is 0 Å². The fourth-order valence-electron chi connectivity index (χ4n) is 2.93. The van der Waals surface area contributed by atoms with Crippen molar-refractivity contribution in [2.24, 2.45) is 0 Å². The van der Waals surface area contributed by atoms with E-state index in [1.165, 1.54) is 12.1 Å². The van der Waals surface area contributed by atoms with Crippen LogP contribution < -0.4 is 10.2 Å². The van der Waals surface area contributed by atoms with Gasteiger partial charge in [0.05, 0.1) is 4.92 Å². The van der Waals surface area contributed by atoms with Crippen LogP contribution in [0, 0.1) is 10.1 Å². The Labute approximate surface area is 140 Å². The van der Waals surface area contributed by atoms with E-state index in [-0.39, 0.29) is 17.6 Å². The summed E-state index contributed by atoms with van der Waals surface area (Å²) in [5.74, 6) is -0.0376. The highest BCUT2D eigenvalue weighted by atomic mass is 16.6. The first-order valence-electron chi connectivity index (χ1n) is 7.99. The van der Waals surface area contributed by atoms with E-state index in [0.717, 1.165) is 31.6 Å². The maximum Gasteiger partial charge on any atom is 0.269 e. The van der Waals surface area contributed by atoms with E-state index < -0.39 is 4.92 Å². The quantitative estimate of drug-likeness (QED) is 0.692. The van der Waals surface area contributed by atoms with Gasteiger partial charge in [0.15, 0.2) is 0 Å². The molecule has 0 aromatic heterocycles. The summed E-state index contributed by atoms with van der Waals surface area (Å²) in [4.78, 5) is 24.7. The fourth-order valence-corrected chi connectivity index (χ4v) is 2.93. The zero-order chi connectivity index (χ0) is 16.9. The van der Waals surface area contributed by atoms with Crippen LogP contribution in [0.3, 0.4) is 0 Å². The van der Waals surface area contributed by atoms with Gasteiger partial charge in [0.2, 0.25) is 0 Å². The summed E-state index contributed by atoms with van der Waals surface area (Å²) in [6.07, 6.45) is 1.71. The lowest BCUT2D eigenvalue weighted by Crippen LogP contribution is -2.44. The summed E-state index contributed by atoms with van der Waals surface area (Å²) >= 11 is 0. The average molecular weight is 325 g/mol. The van der Waals surface area contributed by atoms with Gasteiger partial charge in [-0.3, -0.25) is 14.9 Å². The second-order valence-corrected chi connectivity index (χ2v) is 5.87. The fraction of sp³-hybridized carbons (Fsp3) is 0.278. The van der Waals surface area contributed by atoms with E-state index in [0.29, 0.717) is 5.56 Å². The lowest BCUT2D eigenvalue weighted by Gasteiger charge is -2.34. The number of hydrogen-bond donors (Lipinski definition) is 1. The number of rotatable bonds is 4. The van der Waals surface area contributed by atoms with E-state index in [4.69, 9.17) is 0 Å². The molecule has 0 saturated carbocycles. The van der Waals surface area contributed by atoms with E-state index >= 15 is 0 Å². The van der Waals surface area contributed by atoms with Gasteiger partial charge >= 0.3 is 0 Å². The van der Waals surface area contributed by atoms with E-state index in [9.17, 15) is 14.9 Å². The van der Waals surface area contributed by atoms with Gasteiger partial charge in [-0.25, -0.2) is 0 Å². The molecule has 1 fully saturated rings. The third-order valence-electron chi connectivity index (χ3n) is 4.29. The number of carbonyl (C=O) groups excluding carboxylic acids is 1. The minimum Gasteiger partial charge on any atom is -0.371 e. The van der Waals surface area contributed by atoms with E-state index in [2.05, 4.69) is 10.2 Å². The molecule has 6 nitrogen and oxygen atoms in total. The molecule has 0 aliphatic carbocycles. The zero-order valence-electron chi connectivity index (χ0n) is 13.2. The number of non-ortho nitro benzene ring substituents is 1. The molecule has 0 radical (unpaired) electrons. The number of nitro groups is 1. The molecular weight excluding hydrogens is 306 g/mol. The second kappa shape index (κ2) is 7.12. The van der Waals surface area contributed by atoms with Crippen LogP contribution in [0.15, 0.2) is 54.6 Å². The van der Waals surface area contributed by atoms with Crippen molar-refractivity contribution in [1.82, 2.24) is 5.32 Å². The molecule has 1 N–H and O–H groups in total. The molecule has 0 spiro atoms. The van der Waals surface area contributed by atoms with Gasteiger partial charge in [-0.2, -0.15) is 0 Å². The Kier molecular flexibility index (Phi) is 4.74. The third kappa shape index (κ3) is 3.71. The van der Waals surface area contributed by atoms with Gasteiger partial charge in [-0.05, 0) is 37.1 Å². The van der Waals surface area contributed by atoms with Crippen molar-refractivity contribution in [3.63, 3.8) is 0 Å². The standard InChI is InChI=1S/C18H19N3O3/c22-18(14-4-2-1-3-5-14)19-15-10-12-20(13-11-15)16-6-8-17(9-7-16)21(23)24/h1-9,15H,10-13H2,(H,19,22). The predicted molar refractivity (Wildman–Crippen MR) is 92.2 cm³/mol. The number of hydrogen-bond acceptors (Lipinski definition) is 4. The number of nitrogens with one attached hydrogen (secondary N) is 1. The first-order valence-corrected chi connectivity index (χ1v) is 7.99. The predicted octanol–water partition coefficient (Wildman–Crippen LogP) is 2.99. The van der Waals surface area contributed by atoms with Gasteiger partial charge in [0.1, 0.15) is 0 Å². The van der Waals surface area contributed by atoms with Crippen molar-refractivity contribution in [3.8, 4) is 0 Å². The molecule has 0 bridgehead atoms. The number of nitrogens with zero attached hydrogens (tertiary/aromatic N) is 2. The van der Waals surface area contributed by atoms with Crippen molar-refractivity contribution < 1.29 is 9.72 Å². The molecule has 3 rings (SSSR count). The summed E-state index contributed by atoms with van der Waals surface area (Å²) in [6.45, 7) is 1.63. The number of anilines is 1. The molecule has 0 atom stereocenters. The zero-order valence-corrected chi connectivity index (χ0v) is 13.2. The SMILES string of the molecule is O=C(NC1CCN(c2ccc([N+](=O)[O-])cc2)CC1)c1ccccc1. The lowest BCUT2D eigenvalue weighted by molar-refractivity contribution is -0.384. The molecule has 1 amide bonds. The van der Waals surface area contributed by atoms with Crippen molar-refractivity contribution in [3.05, 3.63) is 70.3 Å². The number of benzene rings is 2. The van der Waals surface area contributed by atoms with Crippen LogP contribution in [0.2, 0.25) is 0 Å². The van der Waals surface area contributed by atoms with Crippen molar-refractivity contribution >= 4 is 17.3 Å². The van der Waals surface area contributed by atoms with E-state index in [1.807, 2.05) is 18.2 Å². The number of nitro benzene ring substituents is 1. The van der Waals surface area contributed by atoms with E-state index in [1.54, 1.807) is 24.3 Å². The Morgan fingerprint density at radius 1 is 1.04 bits per heavy atom. The molecule has 1 heterocycles. The third-order valence-corrected chi connectivity index (χ3v) is 4.29. The van der Waals surface area contributed by atoms with Gasteiger partial charge in [0.25, 0.3) is 11.6 Å². The van der Waals surface area contributed by atoms with Crippen LogP contribution in [-0.4, -0.2) is 30.0 Å². The monoisotopic (exact) mass is 325 g/mol. The first-order chi connectivity index (χ1) is 11.6. The van der Waals surface area contributed by atoms with Gasteiger partial charge in [-0.15, -0.1) is 0 Å². The summed E-state index contributed by atoms with van der Waals surface area (Å²) in [5.41, 5.74) is 1.76. The molecular formula is C18H19N3O3. The molecule has 0 unspecified atom stereocenters. The smallest absolute Gasteiger partial charge is 0.269 e. The second-order valence-electron chi connectivity index (χ2n) is 5.87. The Balaban J connectivity index is 1.54. The van der Waals surface area contributed by atoms with Crippen molar-refractivity contribution in [2.75, 3.05) is 18.0 Å². The average Bonchev–Trinajstić information content (AvgIpc) is 2.63. The Hall–Kier alpha value is -2.89. The lowest BCUT2D eigenvalue weighted by atomic mass is 10.0. The highest BCUT2D eigenvalue weighted by molar-refractivity contribution is 5.94. The van der Waals surface area contributed by atoms with Crippen LogP contribution >= 0.6 is 0 Å². The van der Waals surface area contributed by atoms with Crippen LogP contribution in [-0.2, 0) is 0 Å². The maximum atomic E-state index is 12.2. The minimum absolute atomic E-state index is 0.0376. The van der Waals surface area contributed by atoms with Crippen molar-refractivity contribution in [1.29, 1.82) is 0 Å². The van der Waals surface area contributed by atoms with Crippen LogP contribution in [0.25, 0.3) is 0 Å². The summed E-state index contributed by atoms with van der Waals surface area (Å²) < 4.78 is 0. The van der Waals surface area contributed by atoms with Gasteiger partial charge < -0.3 is 10.2 Å². The molecule has 124 valence electrons. The van der Waals surface area contributed by atoms with Crippen LogP contribution in [0.4, 0.5) is 11.4 Å². The highest BCUT2D eigenvalue weighted by Gasteiger charge is 2.21. The molecule has 24 heavy (non-hydrogen) atoms. The Morgan fingerprint density at radius 2 is 1.67 bits per heavy atom. The molecule has 2 aromatic rings. The normalized spacial score (nSPS) is 15.1. The molecule has 2 aromatic carbocycles. The number of carbonyl (C=O) groups is 1. The maximum absolute atomic E-state index is 12.2. The summed E-state index contributed by atoms with van der Waals surface area (Å²) in [5, 5.41) is 13.8. The van der Waals surface area contributed by atoms with Gasteiger partial charge in [-0.1, -0.05) is 18.2 Å².